The Kier molecular flexibility index (Phi) is 6.26. The van der Waals surface area contributed by atoms with Gasteiger partial charge in [0.25, 0.3) is 5.91 Å². The highest BCUT2D eigenvalue weighted by Crippen LogP contribution is 2.42. The van der Waals surface area contributed by atoms with Gasteiger partial charge in [-0.25, -0.2) is 0 Å². The summed E-state index contributed by atoms with van der Waals surface area (Å²) in [7, 11) is 3.25. The molecular formula is C22H23N3O4S2. The molecule has 0 aliphatic carbocycles. The molecule has 3 N–H and O–H groups in total. The van der Waals surface area contributed by atoms with Gasteiger partial charge in [-0.1, -0.05) is 6.07 Å². The SMILES string of the molecule is COc1cc2c(cc1OC)C(c1cccs1)N(CC(=O)Nc1sccc1C(N)=O)CC2. The zero-order chi connectivity index (χ0) is 22.0. The summed E-state index contributed by atoms with van der Waals surface area (Å²) in [5, 5.41) is 7.10. The molecular weight excluding hydrogens is 434 g/mol. The molecule has 162 valence electrons. The van der Waals surface area contributed by atoms with Gasteiger partial charge >= 0.3 is 0 Å². The first-order valence-electron chi connectivity index (χ1n) is 9.71. The standard InChI is InChI=1S/C22H23N3O4S2/c1-28-16-10-13-5-7-25(12-19(26)24-22-14(21(23)27)6-9-31-22)20(18-4-3-8-30-18)15(13)11-17(16)29-2/h3-4,6,8-11,20H,5,7,12H2,1-2H3,(H2,23,27)(H,24,26). The van der Waals surface area contributed by atoms with Gasteiger partial charge in [0.05, 0.1) is 32.4 Å². The van der Waals surface area contributed by atoms with Crippen molar-refractivity contribution in [1.82, 2.24) is 4.90 Å². The van der Waals surface area contributed by atoms with E-state index in [2.05, 4.69) is 16.3 Å². The second-order valence-corrected chi connectivity index (χ2v) is 9.02. The highest BCUT2D eigenvalue weighted by molar-refractivity contribution is 7.14. The normalized spacial score (nSPS) is 15.9. The van der Waals surface area contributed by atoms with Crippen LogP contribution in [0.25, 0.3) is 0 Å². The van der Waals surface area contributed by atoms with Crippen LogP contribution in [0.5, 0.6) is 11.5 Å². The van der Waals surface area contributed by atoms with Crippen molar-refractivity contribution in [3.63, 3.8) is 0 Å². The van der Waals surface area contributed by atoms with Gasteiger partial charge in [0.15, 0.2) is 11.5 Å². The van der Waals surface area contributed by atoms with E-state index in [1.807, 2.05) is 23.6 Å². The maximum atomic E-state index is 12.9. The molecule has 31 heavy (non-hydrogen) atoms. The van der Waals surface area contributed by atoms with Gasteiger partial charge < -0.3 is 20.5 Å². The number of methoxy groups -OCH3 is 2. The number of anilines is 1. The third-order valence-corrected chi connectivity index (χ3v) is 7.07. The Morgan fingerprint density at radius 1 is 1.16 bits per heavy atom. The van der Waals surface area contributed by atoms with E-state index in [-0.39, 0.29) is 18.5 Å². The topological polar surface area (TPSA) is 93.9 Å². The number of primary amides is 1. The fourth-order valence-corrected chi connectivity index (χ4v) is 5.58. The Morgan fingerprint density at radius 2 is 1.94 bits per heavy atom. The van der Waals surface area contributed by atoms with Gasteiger partial charge in [-0.2, -0.15) is 0 Å². The average molecular weight is 458 g/mol. The molecule has 0 spiro atoms. The number of fused-ring (bicyclic) bond motifs is 1. The van der Waals surface area contributed by atoms with E-state index in [4.69, 9.17) is 15.2 Å². The van der Waals surface area contributed by atoms with Gasteiger partial charge in [0.2, 0.25) is 5.91 Å². The highest BCUT2D eigenvalue weighted by atomic mass is 32.1. The molecule has 1 aliphatic rings. The fraction of sp³-hybridized carbons (Fsp3) is 0.273. The van der Waals surface area contributed by atoms with Crippen molar-refractivity contribution in [2.75, 3.05) is 32.6 Å². The van der Waals surface area contributed by atoms with Crippen molar-refractivity contribution < 1.29 is 19.1 Å². The number of carbonyl (C=O) groups excluding carboxylic acids is 2. The van der Waals surface area contributed by atoms with E-state index in [0.717, 1.165) is 16.9 Å². The zero-order valence-corrected chi connectivity index (χ0v) is 18.8. The first kappa shape index (κ1) is 21.4. The molecule has 1 atom stereocenters. The number of nitrogens with zero attached hydrogens (tertiary/aromatic N) is 1. The van der Waals surface area contributed by atoms with E-state index in [0.29, 0.717) is 28.6 Å². The van der Waals surface area contributed by atoms with Crippen LogP contribution < -0.4 is 20.5 Å². The highest BCUT2D eigenvalue weighted by Gasteiger charge is 2.32. The molecule has 7 nitrogen and oxygen atoms in total. The predicted octanol–water partition coefficient (Wildman–Crippen LogP) is 3.51. The fourth-order valence-electron chi connectivity index (χ4n) is 3.90. The lowest BCUT2D eigenvalue weighted by atomic mass is 9.91. The van der Waals surface area contributed by atoms with Crippen molar-refractivity contribution in [3.05, 3.63) is 62.7 Å². The lowest BCUT2D eigenvalue weighted by molar-refractivity contribution is -0.117. The van der Waals surface area contributed by atoms with Gasteiger partial charge in [-0.3, -0.25) is 14.5 Å². The second kappa shape index (κ2) is 9.09. The maximum Gasteiger partial charge on any atom is 0.251 e. The summed E-state index contributed by atoms with van der Waals surface area (Å²) in [6, 6.07) is 9.67. The number of hydrogen-bond acceptors (Lipinski definition) is 7. The summed E-state index contributed by atoms with van der Waals surface area (Å²) in [5.41, 5.74) is 8.01. The third-order valence-electron chi connectivity index (χ3n) is 5.32. The Bertz CT molecular complexity index is 1090. The van der Waals surface area contributed by atoms with Crippen LogP contribution in [-0.2, 0) is 11.2 Å². The minimum absolute atomic E-state index is 0.0757. The number of ether oxygens (including phenoxy) is 2. The quantitative estimate of drug-likeness (QED) is 0.566. The number of rotatable bonds is 7. The first-order valence-corrected chi connectivity index (χ1v) is 11.5. The lowest BCUT2D eigenvalue weighted by Crippen LogP contribution is -2.41. The molecule has 2 amide bonds. The van der Waals surface area contributed by atoms with E-state index >= 15 is 0 Å². The number of nitrogens with two attached hydrogens (primary N) is 1. The van der Waals surface area contributed by atoms with E-state index in [1.165, 1.54) is 16.9 Å². The minimum Gasteiger partial charge on any atom is -0.493 e. The van der Waals surface area contributed by atoms with Gasteiger partial charge in [0, 0.05) is 11.4 Å². The van der Waals surface area contributed by atoms with Crippen molar-refractivity contribution >= 4 is 39.5 Å². The van der Waals surface area contributed by atoms with Crippen LogP contribution in [0.3, 0.4) is 0 Å². The molecule has 0 bridgehead atoms. The minimum atomic E-state index is -0.555. The average Bonchev–Trinajstić information content (AvgIpc) is 3.44. The number of benzene rings is 1. The van der Waals surface area contributed by atoms with Crippen LogP contribution in [0.2, 0.25) is 0 Å². The zero-order valence-electron chi connectivity index (χ0n) is 17.2. The first-order chi connectivity index (χ1) is 15.0. The summed E-state index contributed by atoms with van der Waals surface area (Å²) < 4.78 is 11.0. The van der Waals surface area contributed by atoms with Crippen molar-refractivity contribution in [2.24, 2.45) is 5.73 Å². The van der Waals surface area contributed by atoms with E-state index < -0.39 is 5.91 Å². The van der Waals surface area contributed by atoms with Crippen LogP contribution in [0.1, 0.15) is 32.4 Å². The smallest absolute Gasteiger partial charge is 0.251 e. The molecule has 9 heteroatoms. The molecule has 2 aromatic heterocycles. The van der Waals surface area contributed by atoms with Crippen molar-refractivity contribution in [2.45, 2.75) is 12.5 Å². The molecule has 3 aromatic rings. The molecule has 0 fully saturated rings. The summed E-state index contributed by atoms with van der Waals surface area (Å²) in [6.45, 7) is 0.901. The summed E-state index contributed by atoms with van der Waals surface area (Å²) >= 11 is 2.94. The lowest BCUT2D eigenvalue weighted by Gasteiger charge is -2.36. The molecule has 3 heterocycles. The van der Waals surface area contributed by atoms with Gasteiger partial charge in [-0.05, 0) is 52.6 Å². The number of carbonyl (C=O) groups is 2. The molecule has 0 radical (unpaired) electrons. The summed E-state index contributed by atoms with van der Waals surface area (Å²) in [4.78, 5) is 27.7. The molecule has 0 saturated carbocycles. The molecule has 1 unspecified atom stereocenters. The number of thiophene rings is 2. The van der Waals surface area contributed by atoms with Crippen LogP contribution in [-0.4, -0.2) is 44.0 Å². The number of amides is 2. The Balaban J connectivity index is 1.63. The van der Waals surface area contributed by atoms with Crippen molar-refractivity contribution in [1.29, 1.82) is 0 Å². The van der Waals surface area contributed by atoms with E-state index in [1.54, 1.807) is 37.0 Å². The maximum absolute atomic E-state index is 12.9. The Morgan fingerprint density at radius 3 is 2.61 bits per heavy atom. The van der Waals surface area contributed by atoms with E-state index in [9.17, 15) is 9.59 Å². The molecule has 4 rings (SSSR count). The molecule has 1 aliphatic heterocycles. The van der Waals surface area contributed by atoms with Crippen LogP contribution in [0.15, 0.2) is 41.1 Å². The predicted molar refractivity (Wildman–Crippen MR) is 122 cm³/mol. The van der Waals surface area contributed by atoms with Crippen LogP contribution in [0.4, 0.5) is 5.00 Å². The Labute approximate surface area is 188 Å². The third kappa shape index (κ3) is 4.30. The van der Waals surface area contributed by atoms with Crippen LogP contribution >= 0.6 is 22.7 Å². The molecule has 1 aromatic carbocycles. The second-order valence-electron chi connectivity index (χ2n) is 7.12. The Hall–Kier alpha value is -2.88. The largest absolute Gasteiger partial charge is 0.493 e. The summed E-state index contributed by atoms with van der Waals surface area (Å²) in [5.74, 6) is 0.629. The summed E-state index contributed by atoms with van der Waals surface area (Å²) in [6.07, 6.45) is 0.788. The van der Waals surface area contributed by atoms with Crippen molar-refractivity contribution in [3.8, 4) is 11.5 Å². The number of hydrogen-bond donors (Lipinski definition) is 2. The number of nitrogens with one attached hydrogen (secondary N) is 1. The van der Waals surface area contributed by atoms with Gasteiger partial charge in [0.1, 0.15) is 5.00 Å². The van der Waals surface area contributed by atoms with Gasteiger partial charge in [-0.15, -0.1) is 22.7 Å². The van der Waals surface area contributed by atoms with Crippen LogP contribution in [0, 0.1) is 0 Å². The monoisotopic (exact) mass is 457 g/mol. The molecule has 0 saturated heterocycles.